The van der Waals surface area contributed by atoms with Gasteiger partial charge < -0.3 is 9.42 Å². The number of hydrogen-bond acceptors (Lipinski definition) is 5. The Morgan fingerprint density at radius 1 is 1.12 bits per heavy atom. The molecule has 138 valence electrons. The molecule has 1 aliphatic carbocycles. The maximum atomic E-state index is 5.56. The first-order chi connectivity index (χ1) is 12.8. The summed E-state index contributed by atoms with van der Waals surface area (Å²) in [6.45, 7) is 7.79. The minimum absolute atomic E-state index is 0.166. The molecule has 2 aliphatic rings. The summed E-state index contributed by atoms with van der Waals surface area (Å²) in [5, 5.41) is 4.17. The molecule has 0 unspecified atom stereocenters. The van der Waals surface area contributed by atoms with Gasteiger partial charge in [0.1, 0.15) is 0 Å². The SMILES string of the molecule is C[C@@H](c1nc(-c2ccccc2)no1)N1CCN(C[C@@H]2CC=CCC2)CC1. The summed E-state index contributed by atoms with van der Waals surface area (Å²) >= 11 is 0. The third-order valence-corrected chi connectivity index (χ3v) is 5.68. The molecular weight excluding hydrogens is 324 g/mol. The molecule has 1 fully saturated rings. The van der Waals surface area contributed by atoms with E-state index in [1.807, 2.05) is 30.3 Å². The monoisotopic (exact) mass is 352 g/mol. The lowest BCUT2D eigenvalue weighted by Gasteiger charge is -2.38. The van der Waals surface area contributed by atoms with Crippen LogP contribution in [0.3, 0.4) is 0 Å². The van der Waals surface area contributed by atoms with Gasteiger partial charge in [0.05, 0.1) is 6.04 Å². The second-order valence-electron chi connectivity index (χ2n) is 7.49. The largest absolute Gasteiger partial charge is 0.337 e. The molecule has 5 heteroatoms. The Balaban J connectivity index is 1.31. The third kappa shape index (κ3) is 4.05. The van der Waals surface area contributed by atoms with Crippen molar-refractivity contribution in [2.24, 2.45) is 5.92 Å². The summed E-state index contributed by atoms with van der Waals surface area (Å²) in [6, 6.07) is 10.2. The van der Waals surface area contributed by atoms with Crippen LogP contribution in [0.25, 0.3) is 11.4 Å². The molecule has 2 heterocycles. The molecule has 0 amide bonds. The van der Waals surface area contributed by atoms with Crippen LogP contribution in [-0.2, 0) is 0 Å². The van der Waals surface area contributed by atoms with E-state index in [0.29, 0.717) is 5.82 Å². The molecule has 1 saturated heterocycles. The van der Waals surface area contributed by atoms with Gasteiger partial charge in [-0.1, -0.05) is 47.6 Å². The highest BCUT2D eigenvalue weighted by atomic mass is 16.5. The van der Waals surface area contributed by atoms with E-state index in [4.69, 9.17) is 4.52 Å². The highest BCUT2D eigenvalue weighted by Crippen LogP contribution is 2.24. The third-order valence-electron chi connectivity index (χ3n) is 5.68. The molecule has 26 heavy (non-hydrogen) atoms. The van der Waals surface area contributed by atoms with Crippen LogP contribution >= 0.6 is 0 Å². The van der Waals surface area contributed by atoms with E-state index in [1.165, 1.54) is 25.8 Å². The molecule has 4 rings (SSSR count). The molecule has 1 aromatic heterocycles. The topological polar surface area (TPSA) is 45.4 Å². The lowest BCUT2D eigenvalue weighted by Crippen LogP contribution is -2.48. The second kappa shape index (κ2) is 8.14. The van der Waals surface area contributed by atoms with Crippen LogP contribution < -0.4 is 0 Å². The Kier molecular flexibility index (Phi) is 5.46. The van der Waals surface area contributed by atoms with Gasteiger partial charge in [-0.25, -0.2) is 0 Å². The van der Waals surface area contributed by atoms with Gasteiger partial charge in [-0.05, 0) is 32.1 Å². The minimum atomic E-state index is 0.166. The van der Waals surface area contributed by atoms with E-state index in [0.717, 1.165) is 43.6 Å². The van der Waals surface area contributed by atoms with Gasteiger partial charge >= 0.3 is 0 Å². The molecular formula is C21H28N4O. The highest BCUT2D eigenvalue weighted by molar-refractivity contribution is 5.53. The van der Waals surface area contributed by atoms with E-state index in [9.17, 15) is 0 Å². The van der Waals surface area contributed by atoms with Gasteiger partial charge in [-0.15, -0.1) is 0 Å². The fourth-order valence-electron chi connectivity index (χ4n) is 3.99. The summed E-state index contributed by atoms with van der Waals surface area (Å²) in [7, 11) is 0. The number of rotatable bonds is 5. The summed E-state index contributed by atoms with van der Waals surface area (Å²) in [4.78, 5) is 9.71. The Hall–Kier alpha value is -1.98. The van der Waals surface area contributed by atoms with Crippen LogP contribution in [0, 0.1) is 5.92 Å². The van der Waals surface area contributed by atoms with Crippen molar-refractivity contribution in [3.63, 3.8) is 0 Å². The number of benzene rings is 1. The van der Waals surface area contributed by atoms with Crippen molar-refractivity contribution in [2.75, 3.05) is 32.7 Å². The maximum Gasteiger partial charge on any atom is 0.244 e. The van der Waals surface area contributed by atoms with Crippen LogP contribution in [0.2, 0.25) is 0 Å². The molecule has 5 nitrogen and oxygen atoms in total. The Morgan fingerprint density at radius 2 is 1.92 bits per heavy atom. The van der Waals surface area contributed by atoms with Gasteiger partial charge in [-0.2, -0.15) is 4.98 Å². The first kappa shape index (κ1) is 17.4. The van der Waals surface area contributed by atoms with Crippen LogP contribution in [0.1, 0.15) is 38.1 Å². The van der Waals surface area contributed by atoms with Crippen molar-refractivity contribution in [3.05, 3.63) is 48.4 Å². The molecule has 2 atom stereocenters. The van der Waals surface area contributed by atoms with Crippen molar-refractivity contribution >= 4 is 0 Å². The summed E-state index contributed by atoms with van der Waals surface area (Å²) in [5.74, 6) is 2.24. The zero-order chi connectivity index (χ0) is 17.8. The molecule has 2 aromatic rings. The molecule has 0 spiro atoms. The number of nitrogens with zero attached hydrogens (tertiary/aromatic N) is 4. The Morgan fingerprint density at radius 3 is 2.65 bits per heavy atom. The highest BCUT2D eigenvalue weighted by Gasteiger charge is 2.27. The van der Waals surface area contributed by atoms with E-state index in [1.54, 1.807) is 0 Å². The van der Waals surface area contributed by atoms with Crippen LogP contribution in [0.5, 0.6) is 0 Å². The normalized spacial score (nSPS) is 23.2. The first-order valence-electron chi connectivity index (χ1n) is 9.80. The van der Waals surface area contributed by atoms with Crippen LogP contribution in [-0.4, -0.2) is 52.7 Å². The lowest BCUT2D eigenvalue weighted by molar-refractivity contribution is 0.0782. The smallest absolute Gasteiger partial charge is 0.244 e. The quantitative estimate of drug-likeness (QED) is 0.767. The van der Waals surface area contributed by atoms with Crippen molar-refractivity contribution in [2.45, 2.75) is 32.2 Å². The Bertz CT molecular complexity index is 719. The van der Waals surface area contributed by atoms with Gasteiger partial charge in [0.2, 0.25) is 11.7 Å². The predicted octanol–water partition coefficient (Wildman–Crippen LogP) is 3.77. The standard InChI is InChI=1S/C21H28N4O/c1-17(21-22-20(23-26-21)19-10-6-3-7-11-19)25-14-12-24(13-15-25)16-18-8-4-2-5-9-18/h2-4,6-7,10-11,17-18H,5,8-9,12-16H2,1H3/t17-,18+/m0/s1. The zero-order valence-corrected chi connectivity index (χ0v) is 15.6. The minimum Gasteiger partial charge on any atom is -0.337 e. The van der Waals surface area contributed by atoms with E-state index >= 15 is 0 Å². The number of piperazine rings is 1. The molecule has 0 saturated carbocycles. The summed E-state index contributed by atoms with van der Waals surface area (Å²) in [5.41, 5.74) is 1.00. The lowest BCUT2D eigenvalue weighted by atomic mass is 9.94. The molecule has 1 aliphatic heterocycles. The van der Waals surface area contributed by atoms with Crippen molar-refractivity contribution in [1.29, 1.82) is 0 Å². The molecule has 0 radical (unpaired) electrons. The van der Waals surface area contributed by atoms with Gasteiger partial charge in [0.25, 0.3) is 0 Å². The molecule has 0 N–H and O–H groups in total. The number of aromatic nitrogens is 2. The van der Waals surface area contributed by atoms with Gasteiger partial charge in [0, 0.05) is 38.3 Å². The van der Waals surface area contributed by atoms with E-state index < -0.39 is 0 Å². The fraction of sp³-hybridized carbons (Fsp3) is 0.524. The van der Waals surface area contributed by atoms with Crippen LogP contribution in [0.15, 0.2) is 47.0 Å². The fourth-order valence-corrected chi connectivity index (χ4v) is 3.99. The van der Waals surface area contributed by atoms with Crippen molar-refractivity contribution in [3.8, 4) is 11.4 Å². The summed E-state index contributed by atoms with van der Waals surface area (Å²) in [6.07, 6.45) is 8.53. The summed E-state index contributed by atoms with van der Waals surface area (Å²) < 4.78 is 5.56. The van der Waals surface area contributed by atoms with Gasteiger partial charge in [-0.3, -0.25) is 4.90 Å². The number of hydrogen-bond donors (Lipinski definition) is 0. The van der Waals surface area contributed by atoms with Crippen molar-refractivity contribution < 1.29 is 4.52 Å². The zero-order valence-electron chi connectivity index (χ0n) is 15.6. The molecule has 1 aromatic carbocycles. The average molecular weight is 352 g/mol. The van der Waals surface area contributed by atoms with Gasteiger partial charge in [0.15, 0.2) is 0 Å². The first-order valence-corrected chi connectivity index (χ1v) is 9.80. The van der Waals surface area contributed by atoms with E-state index in [2.05, 4.69) is 39.0 Å². The second-order valence-corrected chi connectivity index (χ2v) is 7.49. The number of allylic oxidation sites excluding steroid dienone is 2. The van der Waals surface area contributed by atoms with E-state index in [-0.39, 0.29) is 6.04 Å². The average Bonchev–Trinajstić information content (AvgIpc) is 3.20. The predicted molar refractivity (Wildman–Crippen MR) is 103 cm³/mol. The van der Waals surface area contributed by atoms with Crippen LogP contribution in [0.4, 0.5) is 0 Å². The maximum absolute atomic E-state index is 5.56. The Labute approximate surface area is 155 Å². The van der Waals surface area contributed by atoms with Crippen molar-refractivity contribution in [1.82, 2.24) is 19.9 Å². The molecule has 0 bridgehead atoms.